The summed E-state index contributed by atoms with van der Waals surface area (Å²) in [6, 6.07) is 14.0. The summed E-state index contributed by atoms with van der Waals surface area (Å²) in [4.78, 5) is 2.06. The highest BCUT2D eigenvalue weighted by molar-refractivity contribution is 7.99. The third kappa shape index (κ3) is 2.77. The molecule has 0 radical (unpaired) electrons. The van der Waals surface area contributed by atoms with Crippen molar-refractivity contribution in [1.82, 2.24) is 0 Å². The number of allylic oxidation sites excluding steroid dienone is 1. The molecule has 2 rings (SSSR count). The van der Waals surface area contributed by atoms with Crippen LogP contribution in [0.1, 0.15) is 18.1 Å². The Bertz CT molecular complexity index is 573. The van der Waals surface area contributed by atoms with Crippen molar-refractivity contribution in [2.24, 2.45) is 0 Å². The average molecular weight is 256 g/mol. The molecule has 2 aromatic rings. The van der Waals surface area contributed by atoms with Gasteiger partial charge in [-0.3, -0.25) is 0 Å². The van der Waals surface area contributed by atoms with Gasteiger partial charge in [0.15, 0.2) is 0 Å². The van der Waals surface area contributed by atoms with Gasteiger partial charge in [-0.2, -0.15) is 0 Å². The van der Waals surface area contributed by atoms with Crippen LogP contribution in [0.25, 0.3) is 6.08 Å². The molecule has 2 heteroatoms. The van der Waals surface area contributed by atoms with Crippen molar-refractivity contribution < 1.29 is 5.11 Å². The molecule has 1 N–H and O–H groups in total. The van der Waals surface area contributed by atoms with E-state index in [-0.39, 0.29) is 0 Å². The SMILES string of the molecule is C/C=C\c1cccc(Sc2ccccc2C)c1O. The lowest BCUT2D eigenvalue weighted by atomic mass is 10.2. The van der Waals surface area contributed by atoms with E-state index in [4.69, 9.17) is 0 Å². The second kappa shape index (κ2) is 5.78. The Labute approximate surface area is 112 Å². The van der Waals surface area contributed by atoms with E-state index >= 15 is 0 Å². The van der Waals surface area contributed by atoms with Gasteiger partial charge < -0.3 is 5.11 Å². The average Bonchev–Trinajstić information content (AvgIpc) is 2.37. The monoisotopic (exact) mass is 256 g/mol. The second-order valence-corrected chi connectivity index (χ2v) is 5.15. The van der Waals surface area contributed by atoms with Crippen molar-refractivity contribution in [3.05, 3.63) is 59.7 Å². The van der Waals surface area contributed by atoms with Gasteiger partial charge in [-0.25, -0.2) is 0 Å². The third-order valence-corrected chi connectivity index (χ3v) is 3.92. The quantitative estimate of drug-likeness (QED) is 0.844. The van der Waals surface area contributed by atoms with Gasteiger partial charge in [0.25, 0.3) is 0 Å². The van der Waals surface area contributed by atoms with E-state index in [0.717, 1.165) is 10.5 Å². The van der Waals surface area contributed by atoms with Crippen molar-refractivity contribution in [3.63, 3.8) is 0 Å². The predicted molar refractivity (Wildman–Crippen MR) is 78.1 cm³/mol. The zero-order valence-corrected chi connectivity index (χ0v) is 11.4. The number of phenolic OH excluding ortho intramolecular Hbond substituents is 1. The smallest absolute Gasteiger partial charge is 0.136 e. The van der Waals surface area contributed by atoms with E-state index in [0.29, 0.717) is 5.75 Å². The molecule has 0 fully saturated rings. The summed E-state index contributed by atoms with van der Waals surface area (Å²) in [6.45, 7) is 4.02. The van der Waals surface area contributed by atoms with E-state index in [1.54, 1.807) is 11.8 Å². The van der Waals surface area contributed by atoms with Gasteiger partial charge in [0.1, 0.15) is 5.75 Å². The van der Waals surface area contributed by atoms with Gasteiger partial charge in [-0.05, 0) is 31.5 Å². The van der Waals surface area contributed by atoms with Crippen molar-refractivity contribution in [1.29, 1.82) is 0 Å². The Hall–Kier alpha value is -1.67. The number of phenols is 1. The maximum absolute atomic E-state index is 10.2. The number of aromatic hydroxyl groups is 1. The molecule has 0 atom stereocenters. The zero-order valence-electron chi connectivity index (χ0n) is 10.6. The molecule has 0 aromatic heterocycles. The third-order valence-electron chi connectivity index (χ3n) is 2.69. The number of para-hydroxylation sites is 1. The normalized spacial score (nSPS) is 11.0. The molecule has 0 unspecified atom stereocenters. The van der Waals surface area contributed by atoms with E-state index < -0.39 is 0 Å². The zero-order chi connectivity index (χ0) is 13.0. The van der Waals surface area contributed by atoms with Crippen molar-refractivity contribution in [2.45, 2.75) is 23.6 Å². The first kappa shape index (κ1) is 12.8. The van der Waals surface area contributed by atoms with E-state index in [1.165, 1.54) is 10.5 Å². The standard InChI is InChI=1S/C16H16OS/c1-3-7-13-9-6-11-15(16(13)17)18-14-10-5-4-8-12(14)2/h3-11,17H,1-2H3/b7-3-. The Morgan fingerprint density at radius 3 is 2.44 bits per heavy atom. The van der Waals surface area contributed by atoms with Crippen LogP contribution in [0.3, 0.4) is 0 Å². The van der Waals surface area contributed by atoms with Crippen LogP contribution in [-0.4, -0.2) is 5.11 Å². The molecule has 0 bridgehead atoms. The van der Waals surface area contributed by atoms with Crippen LogP contribution in [0.2, 0.25) is 0 Å². The molecule has 0 saturated heterocycles. The van der Waals surface area contributed by atoms with Crippen LogP contribution in [0.15, 0.2) is 58.3 Å². The molecule has 0 saturated carbocycles. The van der Waals surface area contributed by atoms with Crippen molar-refractivity contribution in [3.8, 4) is 5.75 Å². The van der Waals surface area contributed by atoms with Crippen LogP contribution >= 0.6 is 11.8 Å². The van der Waals surface area contributed by atoms with Gasteiger partial charge in [0.2, 0.25) is 0 Å². The highest BCUT2D eigenvalue weighted by Crippen LogP contribution is 2.37. The number of hydrogen-bond acceptors (Lipinski definition) is 2. The summed E-state index contributed by atoms with van der Waals surface area (Å²) < 4.78 is 0. The van der Waals surface area contributed by atoms with Gasteiger partial charge in [-0.1, -0.05) is 54.2 Å². The lowest BCUT2D eigenvalue weighted by Crippen LogP contribution is -1.82. The molecule has 0 amide bonds. The summed E-state index contributed by atoms with van der Waals surface area (Å²) >= 11 is 1.60. The summed E-state index contributed by atoms with van der Waals surface area (Å²) in [6.07, 6.45) is 3.84. The molecule has 0 aliphatic rings. The number of benzene rings is 2. The maximum atomic E-state index is 10.2. The minimum Gasteiger partial charge on any atom is -0.506 e. The van der Waals surface area contributed by atoms with Crippen LogP contribution in [0, 0.1) is 6.92 Å². The lowest BCUT2D eigenvalue weighted by Gasteiger charge is -2.08. The summed E-state index contributed by atoms with van der Waals surface area (Å²) in [5, 5.41) is 10.2. The number of hydrogen-bond donors (Lipinski definition) is 1. The van der Waals surface area contributed by atoms with E-state index in [1.807, 2.05) is 49.4 Å². The minimum absolute atomic E-state index is 0.351. The van der Waals surface area contributed by atoms with E-state index in [2.05, 4.69) is 19.1 Å². The van der Waals surface area contributed by atoms with E-state index in [9.17, 15) is 5.11 Å². The van der Waals surface area contributed by atoms with Crippen molar-refractivity contribution in [2.75, 3.05) is 0 Å². The number of rotatable bonds is 3. The van der Waals surface area contributed by atoms with Gasteiger partial charge in [0.05, 0.1) is 4.90 Å². The molecular formula is C16H16OS. The summed E-state index contributed by atoms with van der Waals surface area (Å²) in [5.41, 5.74) is 2.08. The van der Waals surface area contributed by atoms with Crippen LogP contribution in [0.5, 0.6) is 5.75 Å². The molecule has 2 aromatic carbocycles. The van der Waals surface area contributed by atoms with Crippen molar-refractivity contribution >= 4 is 17.8 Å². The molecule has 0 aliphatic carbocycles. The molecule has 92 valence electrons. The lowest BCUT2D eigenvalue weighted by molar-refractivity contribution is 0.461. The fourth-order valence-electron chi connectivity index (χ4n) is 1.73. The molecular weight excluding hydrogens is 240 g/mol. The van der Waals surface area contributed by atoms with Gasteiger partial charge >= 0.3 is 0 Å². The highest BCUT2D eigenvalue weighted by Gasteiger charge is 2.07. The molecule has 18 heavy (non-hydrogen) atoms. The summed E-state index contributed by atoms with van der Waals surface area (Å²) in [7, 11) is 0. The molecule has 0 aliphatic heterocycles. The number of aryl methyl sites for hydroxylation is 1. The summed E-state index contributed by atoms with van der Waals surface area (Å²) in [5.74, 6) is 0.351. The fourth-order valence-corrected chi connectivity index (χ4v) is 2.70. The fraction of sp³-hybridized carbons (Fsp3) is 0.125. The topological polar surface area (TPSA) is 20.2 Å². The predicted octanol–water partition coefficient (Wildman–Crippen LogP) is 4.88. The second-order valence-electron chi connectivity index (χ2n) is 4.06. The Kier molecular flexibility index (Phi) is 4.11. The highest BCUT2D eigenvalue weighted by atomic mass is 32.2. The Morgan fingerprint density at radius 2 is 1.72 bits per heavy atom. The first-order chi connectivity index (χ1) is 8.72. The minimum atomic E-state index is 0.351. The molecule has 0 heterocycles. The first-order valence-corrected chi connectivity index (χ1v) is 6.72. The van der Waals surface area contributed by atoms with Crippen LogP contribution in [-0.2, 0) is 0 Å². The van der Waals surface area contributed by atoms with Crippen LogP contribution in [0.4, 0.5) is 0 Å². The largest absolute Gasteiger partial charge is 0.506 e. The van der Waals surface area contributed by atoms with Gasteiger partial charge in [0, 0.05) is 10.5 Å². The molecule has 1 nitrogen and oxygen atoms in total. The van der Waals surface area contributed by atoms with Gasteiger partial charge in [-0.15, -0.1) is 0 Å². The molecule has 0 spiro atoms. The van der Waals surface area contributed by atoms with Crippen LogP contribution < -0.4 is 0 Å². The maximum Gasteiger partial charge on any atom is 0.136 e. The Balaban J connectivity index is 2.35. The Morgan fingerprint density at radius 1 is 1.00 bits per heavy atom. The first-order valence-electron chi connectivity index (χ1n) is 5.90.